The maximum absolute atomic E-state index is 12.0. The van der Waals surface area contributed by atoms with Crippen molar-refractivity contribution in [2.24, 2.45) is 5.92 Å². The SMILES string of the molecule is Cc1cnc(C2CN(C(=O)C3CC3)C2)n1Cc1ccccc1. The normalized spacial score (nSPS) is 18.3. The van der Waals surface area contributed by atoms with Crippen molar-refractivity contribution in [2.75, 3.05) is 13.1 Å². The lowest BCUT2D eigenvalue weighted by Crippen LogP contribution is -2.50. The van der Waals surface area contributed by atoms with Crippen LogP contribution in [0, 0.1) is 12.8 Å². The van der Waals surface area contributed by atoms with Gasteiger partial charge in [0.05, 0.1) is 5.92 Å². The first kappa shape index (κ1) is 13.6. The zero-order chi connectivity index (χ0) is 15.1. The van der Waals surface area contributed by atoms with E-state index < -0.39 is 0 Å². The van der Waals surface area contributed by atoms with Crippen LogP contribution in [0.4, 0.5) is 0 Å². The summed E-state index contributed by atoms with van der Waals surface area (Å²) in [7, 11) is 0. The molecule has 1 amide bonds. The lowest BCUT2D eigenvalue weighted by atomic mass is 9.98. The second-order valence-corrected chi connectivity index (χ2v) is 6.54. The molecule has 4 heteroatoms. The van der Waals surface area contributed by atoms with Crippen LogP contribution >= 0.6 is 0 Å². The first-order chi connectivity index (χ1) is 10.7. The standard InChI is InChI=1S/C18H21N3O/c1-13-9-19-17(21(13)10-14-5-3-2-4-6-14)16-11-20(12-16)18(22)15-7-8-15/h2-6,9,15-16H,7-8,10-12H2,1H3. The summed E-state index contributed by atoms with van der Waals surface area (Å²) < 4.78 is 2.29. The molecule has 4 rings (SSSR count). The number of likely N-dealkylation sites (tertiary alicyclic amines) is 1. The largest absolute Gasteiger partial charge is 0.341 e. The number of amides is 1. The monoisotopic (exact) mass is 295 g/mol. The molecule has 1 aromatic heterocycles. The molecule has 2 aromatic rings. The Labute approximate surface area is 130 Å². The zero-order valence-corrected chi connectivity index (χ0v) is 12.9. The fraction of sp³-hybridized carbons (Fsp3) is 0.444. The number of benzene rings is 1. The molecule has 0 unspecified atom stereocenters. The van der Waals surface area contributed by atoms with E-state index in [2.05, 4.69) is 40.7 Å². The summed E-state index contributed by atoms with van der Waals surface area (Å²) in [4.78, 5) is 18.7. The molecule has 1 aliphatic carbocycles. The molecule has 114 valence electrons. The van der Waals surface area contributed by atoms with E-state index in [0.29, 0.717) is 17.7 Å². The van der Waals surface area contributed by atoms with Gasteiger partial charge in [-0.25, -0.2) is 4.98 Å². The maximum Gasteiger partial charge on any atom is 0.225 e. The molecular weight excluding hydrogens is 274 g/mol. The summed E-state index contributed by atoms with van der Waals surface area (Å²) in [5, 5.41) is 0. The van der Waals surface area contributed by atoms with Crippen LogP contribution in [0.15, 0.2) is 36.5 Å². The van der Waals surface area contributed by atoms with Crippen molar-refractivity contribution in [3.8, 4) is 0 Å². The van der Waals surface area contributed by atoms with E-state index in [1.54, 1.807) is 0 Å². The summed E-state index contributed by atoms with van der Waals surface area (Å²) in [5.41, 5.74) is 2.47. The van der Waals surface area contributed by atoms with E-state index in [9.17, 15) is 4.79 Å². The molecule has 2 heterocycles. The van der Waals surface area contributed by atoms with Gasteiger partial charge in [0.1, 0.15) is 5.82 Å². The van der Waals surface area contributed by atoms with Crippen molar-refractivity contribution in [1.82, 2.24) is 14.5 Å². The second-order valence-electron chi connectivity index (χ2n) is 6.54. The molecule has 0 N–H and O–H groups in total. The highest BCUT2D eigenvalue weighted by Gasteiger charge is 2.40. The molecule has 1 aromatic carbocycles. The van der Waals surface area contributed by atoms with Gasteiger partial charge in [0.25, 0.3) is 0 Å². The average molecular weight is 295 g/mol. The van der Waals surface area contributed by atoms with E-state index in [1.165, 1.54) is 11.3 Å². The lowest BCUT2D eigenvalue weighted by Gasteiger charge is -2.39. The van der Waals surface area contributed by atoms with Crippen LogP contribution in [0.25, 0.3) is 0 Å². The molecular formula is C18H21N3O. The summed E-state index contributed by atoms with van der Waals surface area (Å²) in [6.07, 6.45) is 4.12. The molecule has 22 heavy (non-hydrogen) atoms. The first-order valence-electron chi connectivity index (χ1n) is 8.07. The number of imidazole rings is 1. The maximum atomic E-state index is 12.0. The van der Waals surface area contributed by atoms with E-state index >= 15 is 0 Å². The molecule has 4 nitrogen and oxygen atoms in total. The Morgan fingerprint density at radius 1 is 1.23 bits per heavy atom. The number of hydrogen-bond acceptors (Lipinski definition) is 2. The number of hydrogen-bond donors (Lipinski definition) is 0. The molecule has 2 aliphatic rings. The number of carbonyl (C=O) groups is 1. The van der Waals surface area contributed by atoms with Crippen molar-refractivity contribution in [3.05, 3.63) is 53.6 Å². The van der Waals surface area contributed by atoms with E-state index in [1.807, 2.05) is 17.2 Å². The van der Waals surface area contributed by atoms with Gasteiger partial charge in [-0.2, -0.15) is 0 Å². The molecule has 2 fully saturated rings. The van der Waals surface area contributed by atoms with E-state index in [-0.39, 0.29) is 0 Å². The topological polar surface area (TPSA) is 38.1 Å². The van der Waals surface area contributed by atoms with Gasteiger partial charge in [0, 0.05) is 37.4 Å². The Bertz CT molecular complexity index is 682. The van der Waals surface area contributed by atoms with Gasteiger partial charge in [-0.1, -0.05) is 30.3 Å². The molecule has 0 radical (unpaired) electrons. The molecule has 0 bridgehead atoms. The second kappa shape index (κ2) is 5.27. The minimum atomic E-state index is 0.326. The van der Waals surface area contributed by atoms with Crippen LogP contribution in [0.5, 0.6) is 0 Å². The zero-order valence-electron chi connectivity index (χ0n) is 12.9. The Morgan fingerprint density at radius 3 is 2.64 bits per heavy atom. The van der Waals surface area contributed by atoms with Crippen LogP contribution in [0.3, 0.4) is 0 Å². The van der Waals surface area contributed by atoms with Crippen LogP contribution in [0.2, 0.25) is 0 Å². The minimum absolute atomic E-state index is 0.326. The van der Waals surface area contributed by atoms with Crippen molar-refractivity contribution >= 4 is 5.91 Å². The summed E-state index contributed by atoms with van der Waals surface area (Å²) in [5.74, 6) is 2.20. The van der Waals surface area contributed by atoms with Crippen LogP contribution in [-0.2, 0) is 11.3 Å². The van der Waals surface area contributed by atoms with Gasteiger partial charge in [0.2, 0.25) is 5.91 Å². The number of carbonyl (C=O) groups excluding carboxylic acids is 1. The third-order valence-electron chi connectivity index (χ3n) is 4.75. The van der Waals surface area contributed by atoms with Crippen molar-refractivity contribution in [3.63, 3.8) is 0 Å². The van der Waals surface area contributed by atoms with Gasteiger partial charge < -0.3 is 9.47 Å². The molecule has 1 aliphatic heterocycles. The highest BCUT2D eigenvalue weighted by Crippen LogP contribution is 2.35. The van der Waals surface area contributed by atoms with Crippen molar-refractivity contribution < 1.29 is 4.79 Å². The molecule has 1 saturated carbocycles. The predicted octanol–water partition coefficient (Wildman–Crippen LogP) is 2.58. The van der Waals surface area contributed by atoms with Crippen molar-refractivity contribution in [1.29, 1.82) is 0 Å². The van der Waals surface area contributed by atoms with E-state index in [0.717, 1.165) is 38.3 Å². The van der Waals surface area contributed by atoms with Gasteiger partial charge >= 0.3 is 0 Å². The van der Waals surface area contributed by atoms with Crippen molar-refractivity contribution in [2.45, 2.75) is 32.2 Å². The number of aromatic nitrogens is 2. The lowest BCUT2D eigenvalue weighted by molar-refractivity contribution is -0.137. The number of nitrogens with zero attached hydrogens (tertiary/aromatic N) is 3. The highest BCUT2D eigenvalue weighted by molar-refractivity contribution is 5.82. The summed E-state index contributed by atoms with van der Waals surface area (Å²) >= 11 is 0. The van der Waals surface area contributed by atoms with Crippen LogP contribution < -0.4 is 0 Å². The minimum Gasteiger partial charge on any atom is -0.341 e. The van der Waals surface area contributed by atoms with Gasteiger partial charge in [0.15, 0.2) is 0 Å². The van der Waals surface area contributed by atoms with Crippen LogP contribution in [-0.4, -0.2) is 33.4 Å². The Hall–Kier alpha value is -2.10. The van der Waals surface area contributed by atoms with Crippen LogP contribution in [0.1, 0.15) is 35.8 Å². The third kappa shape index (κ3) is 2.43. The fourth-order valence-corrected chi connectivity index (χ4v) is 3.19. The van der Waals surface area contributed by atoms with Gasteiger partial charge in [-0.05, 0) is 25.3 Å². The molecule has 0 spiro atoms. The first-order valence-corrected chi connectivity index (χ1v) is 8.07. The molecule has 1 saturated heterocycles. The third-order valence-corrected chi connectivity index (χ3v) is 4.75. The summed E-state index contributed by atoms with van der Waals surface area (Å²) in [6.45, 7) is 4.63. The Morgan fingerprint density at radius 2 is 1.95 bits per heavy atom. The van der Waals surface area contributed by atoms with E-state index in [4.69, 9.17) is 0 Å². The quantitative estimate of drug-likeness (QED) is 0.869. The summed E-state index contributed by atoms with van der Waals surface area (Å²) in [6, 6.07) is 10.5. The Balaban J connectivity index is 1.48. The van der Waals surface area contributed by atoms with Gasteiger partial charge in [-0.15, -0.1) is 0 Å². The Kier molecular flexibility index (Phi) is 3.25. The predicted molar refractivity (Wildman–Crippen MR) is 84.6 cm³/mol. The van der Waals surface area contributed by atoms with Gasteiger partial charge in [-0.3, -0.25) is 4.79 Å². The average Bonchev–Trinajstić information content (AvgIpc) is 3.27. The highest BCUT2D eigenvalue weighted by atomic mass is 16.2. The smallest absolute Gasteiger partial charge is 0.225 e. The molecule has 0 atom stereocenters. The number of rotatable bonds is 4. The fourth-order valence-electron chi connectivity index (χ4n) is 3.19. The number of aryl methyl sites for hydroxylation is 1.